The van der Waals surface area contributed by atoms with Gasteiger partial charge in [0.15, 0.2) is 0 Å². The molecule has 0 aliphatic carbocycles. The van der Waals surface area contributed by atoms with E-state index >= 15 is 0 Å². The lowest BCUT2D eigenvalue weighted by Gasteiger charge is -2.12. The maximum atomic E-state index is 12.4. The second-order valence-electron chi connectivity index (χ2n) is 4.49. The van der Waals surface area contributed by atoms with Crippen LogP contribution in [0.3, 0.4) is 0 Å². The number of carbonyl (C=O) groups excluding carboxylic acids is 2. The van der Waals surface area contributed by atoms with Crippen LogP contribution in [0.5, 0.6) is 0 Å². The molecule has 0 saturated heterocycles. The van der Waals surface area contributed by atoms with Gasteiger partial charge in [-0.2, -0.15) is 0 Å². The Bertz CT molecular complexity index is 698. The van der Waals surface area contributed by atoms with Gasteiger partial charge in [-0.3, -0.25) is 9.59 Å². The van der Waals surface area contributed by atoms with Gasteiger partial charge in [0, 0.05) is 17.1 Å². The molecule has 0 unspecified atom stereocenters. The zero-order valence-corrected chi connectivity index (χ0v) is 13.3. The zero-order chi connectivity index (χ0) is 15.4. The Kier molecular flexibility index (Phi) is 4.75. The molecule has 0 bridgehead atoms. The first-order valence-electron chi connectivity index (χ1n) is 6.42. The van der Waals surface area contributed by atoms with E-state index in [-0.39, 0.29) is 11.8 Å². The Balaban J connectivity index is 2.32. The number of benzene rings is 2. The molecular formula is C16H15BrN2O2. The lowest BCUT2D eigenvalue weighted by atomic mass is 10.1. The van der Waals surface area contributed by atoms with Crippen molar-refractivity contribution in [2.75, 3.05) is 12.4 Å². The van der Waals surface area contributed by atoms with Crippen LogP contribution in [0.25, 0.3) is 0 Å². The van der Waals surface area contributed by atoms with E-state index in [2.05, 4.69) is 26.6 Å². The third kappa shape index (κ3) is 3.31. The summed E-state index contributed by atoms with van der Waals surface area (Å²) >= 11 is 3.40. The van der Waals surface area contributed by atoms with Crippen LogP contribution < -0.4 is 10.6 Å². The predicted octanol–water partition coefficient (Wildman–Crippen LogP) is 3.37. The lowest BCUT2D eigenvalue weighted by Crippen LogP contribution is -2.21. The number of nitrogens with one attached hydrogen (secondary N) is 2. The number of anilines is 1. The fraction of sp³-hybridized carbons (Fsp3) is 0.125. The van der Waals surface area contributed by atoms with Crippen LogP contribution in [0.1, 0.15) is 26.3 Å². The Morgan fingerprint density at radius 3 is 2.33 bits per heavy atom. The van der Waals surface area contributed by atoms with E-state index in [9.17, 15) is 9.59 Å². The molecule has 0 spiro atoms. The predicted molar refractivity (Wildman–Crippen MR) is 86.7 cm³/mol. The summed E-state index contributed by atoms with van der Waals surface area (Å²) in [7, 11) is 1.55. The molecule has 0 aliphatic heterocycles. The van der Waals surface area contributed by atoms with Crippen LogP contribution in [0, 0.1) is 6.92 Å². The van der Waals surface area contributed by atoms with Gasteiger partial charge in [-0.05, 0) is 36.8 Å². The summed E-state index contributed by atoms with van der Waals surface area (Å²) in [5.74, 6) is -0.484. The van der Waals surface area contributed by atoms with Gasteiger partial charge < -0.3 is 10.6 Å². The highest BCUT2D eigenvalue weighted by Crippen LogP contribution is 2.21. The fourth-order valence-electron chi connectivity index (χ4n) is 1.97. The minimum Gasteiger partial charge on any atom is -0.355 e. The topological polar surface area (TPSA) is 58.2 Å². The maximum Gasteiger partial charge on any atom is 0.255 e. The van der Waals surface area contributed by atoms with Crippen LogP contribution in [-0.4, -0.2) is 18.9 Å². The highest BCUT2D eigenvalue weighted by Gasteiger charge is 2.15. The lowest BCUT2D eigenvalue weighted by molar-refractivity contribution is 0.0964. The maximum absolute atomic E-state index is 12.4. The van der Waals surface area contributed by atoms with Crippen LogP contribution in [0.15, 0.2) is 46.9 Å². The quantitative estimate of drug-likeness (QED) is 0.894. The second kappa shape index (κ2) is 6.54. The number of para-hydroxylation sites is 1. The van der Waals surface area contributed by atoms with Gasteiger partial charge in [0.05, 0.1) is 11.3 Å². The number of amides is 2. The van der Waals surface area contributed by atoms with Gasteiger partial charge in [0.25, 0.3) is 11.8 Å². The van der Waals surface area contributed by atoms with E-state index in [1.165, 1.54) is 0 Å². The normalized spacial score (nSPS) is 10.0. The average Bonchev–Trinajstić information content (AvgIpc) is 2.49. The van der Waals surface area contributed by atoms with E-state index in [0.29, 0.717) is 16.8 Å². The number of rotatable bonds is 3. The molecule has 5 heteroatoms. The third-order valence-corrected chi connectivity index (χ3v) is 4.02. The highest BCUT2D eigenvalue weighted by molar-refractivity contribution is 9.10. The first-order chi connectivity index (χ1) is 10.0. The third-order valence-electron chi connectivity index (χ3n) is 3.16. The molecule has 0 aliphatic rings. The standard InChI is InChI=1S/C16H15BrN2O2/c1-10-11(7-5-8-13(10)17)16(21)19-14-9-4-3-6-12(14)15(20)18-2/h3-9H,1-2H3,(H,18,20)(H,19,21). The highest BCUT2D eigenvalue weighted by atomic mass is 79.9. The molecule has 108 valence electrons. The van der Waals surface area contributed by atoms with E-state index in [1.807, 2.05) is 13.0 Å². The van der Waals surface area contributed by atoms with Crippen molar-refractivity contribution in [3.63, 3.8) is 0 Å². The zero-order valence-electron chi connectivity index (χ0n) is 11.7. The van der Waals surface area contributed by atoms with E-state index in [0.717, 1.165) is 10.0 Å². The van der Waals surface area contributed by atoms with Gasteiger partial charge in [-0.1, -0.05) is 34.1 Å². The van der Waals surface area contributed by atoms with Crippen molar-refractivity contribution in [3.05, 3.63) is 63.6 Å². The smallest absolute Gasteiger partial charge is 0.255 e. The molecule has 0 saturated carbocycles. The molecule has 2 aromatic carbocycles. The molecular weight excluding hydrogens is 332 g/mol. The summed E-state index contributed by atoms with van der Waals surface area (Å²) in [6, 6.07) is 12.3. The molecule has 2 rings (SSSR count). The summed E-state index contributed by atoms with van der Waals surface area (Å²) in [5.41, 5.74) is 2.34. The molecule has 2 amide bonds. The van der Waals surface area contributed by atoms with Crippen molar-refractivity contribution in [1.29, 1.82) is 0 Å². The van der Waals surface area contributed by atoms with Crippen molar-refractivity contribution in [2.45, 2.75) is 6.92 Å². The Morgan fingerprint density at radius 2 is 1.62 bits per heavy atom. The van der Waals surface area contributed by atoms with Gasteiger partial charge in [-0.15, -0.1) is 0 Å². The summed E-state index contributed by atoms with van der Waals surface area (Å²) in [5, 5.41) is 5.35. The van der Waals surface area contributed by atoms with E-state index < -0.39 is 0 Å². The summed E-state index contributed by atoms with van der Waals surface area (Å²) in [6.07, 6.45) is 0. The van der Waals surface area contributed by atoms with Crippen molar-refractivity contribution < 1.29 is 9.59 Å². The van der Waals surface area contributed by atoms with Crippen molar-refractivity contribution in [2.24, 2.45) is 0 Å². The molecule has 0 aromatic heterocycles. The number of hydrogen-bond acceptors (Lipinski definition) is 2. The first-order valence-corrected chi connectivity index (χ1v) is 7.21. The SMILES string of the molecule is CNC(=O)c1ccccc1NC(=O)c1cccc(Br)c1C. The van der Waals surface area contributed by atoms with Gasteiger partial charge in [-0.25, -0.2) is 0 Å². The molecule has 0 atom stereocenters. The van der Waals surface area contributed by atoms with Crippen LogP contribution >= 0.6 is 15.9 Å². The second-order valence-corrected chi connectivity index (χ2v) is 5.35. The van der Waals surface area contributed by atoms with E-state index in [1.54, 1.807) is 43.4 Å². The van der Waals surface area contributed by atoms with Crippen LogP contribution in [0.4, 0.5) is 5.69 Å². The fourth-order valence-corrected chi connectivity index (χ4v) is 2.33. The Morgan fingerprint density at radius 1 is 0.952 bits per heavy atom. The van der Waals surface area contributed by atoms with Gasteiger partial charge in [0.1, 0.15) is 0 Å². The van der Waals surface area contributed by atoms with Crippen molar-refractivity contribution >= 4 is 33.4 Å². The summed E-state index contributed by atoms with van der Waals surface area (Å²) < 4.78 is 0.870. The summed E-state index contributed by atoms with van der Waals surface area (Å²) in [6.45, 7) is 1.86. The Labute approximate surface area is 131 Å². The largest absolute Gasteiger partial charge is 0.355 e. The molecule has 2 N–H and O–H groups in total. The Hall–Kier alpha value is -2.14. The van der Waals surface area contributed by atoms with Gasteiger partial charge >= 0.3 is 0 Å². The number of carbonyl (C=O) groups is 2. The molecule has 0 heterocycles. The first kappa shape index (κ1) is 15.3. The molecule has 21 heavy (non-hydrogen) atoms. The molecule has 0 radical (unpaired) electrons. The van der Waals surface area contributed by atoms with Crippen LogP contribution in [-0.2, 0) is 0 Å². The van der Waals surface area contributed by atoms with Crippen molar-refractivity contribution in [1.82, 2.24) is 5.32 Å². The number of halogens is 1. The summed E-state index contributed by atoms with van der Waals surface area (Å²) in [4.78, 5) is 24.2. The van der Waals surface area contributed by atoms with Gasteiger partial charge in [0.2, 0.25) is 0 Å². The monoisotopic (exact) mass is 346 g/mol. The van der Waals surface area contributed by atoms with E-state index in [4.69, 9.17) is 0 Å². The minimum atomic E-state index is -0.245. The van der Waals surface area contributed by atoms with Crippen LogP contribution in [0.2, 0.25) is 0 Å². The minimum absolute atomic E-state index is 0.239. The molecule has 4 nitrogen and oxygen atoms in total. The molecule has 0 fully saturated rings. The van der Waals surface area contributed by atoms with Crippen molar-refractivity contribution in [3.8, 4) is 0 Å². The molecule has 2 aromatic rings. The average molecular weight is 347 g/mol. The number of hydrogen-bond donors (Lipinski definition) is 2.